The van der Waals surface area contributed by atoms with Crippen LogP contribution >= 0.6 is 0 Å². The van der Waals surface area contributed by atoms with Crippen LogP contribution in [0.25, 0.3) is 12.2 Å². The molecule has 0 bridgehead atoms. The molecule has 3 N–H and O–H groups in total. The van der Waals surface area contributed by atoms with Crippen molar-refractivity contribution in [1.29, 1.82) is 0 Å². The Hall–Kier alpha value is -4.11. The number of aromatic hydroxyl groups is 2. The normalized spacial score (nSPS) is 22.1. The van der Waals surface area contributed by atoms with Crippen LogP contribution in [0.2, 0.25) is 0 Å². The SMILES string of the molecule is COC(=O)C1(O)C[C@@H](OC(=O)/C=C/c2ccc(O)cc2)C[C@H](OC(=O)/C=C/c2ccc(O)cc2)C1. The quantitative estimate of drug-likeness (QED) is 0.309. The highest BCUT2D eigenvalue weighted by atomic mass is 16.6. The monoisotopic (exact) mass is 482 g/mol. The van der Waals surface area contributed by atoms with Crippen molar-refractivity contribution >= 4 is 30.1 Å². The van der Waals surface area contributed by atoms with Crippen LogP contribution in [-0.4, -0.2) is 58.1 Å². The molecule has 0 heterocycles. The molecular weight excluding hydrogens is 456 g/mol. The molecule has 0 aromatic heterocycles. The summed E-state index contributed by atoms with van der Waals surface area (Å²) >= 11 is 0. The molecule has 0 unspecified atom stereocenters. The second-order valence-electron chi connectivity index (χ2n) is 8.13. The average Bonchev–Trinajstić information content (AvgIpc) is 2.82. The molecule has 9 heteroatoms. The second kappa shape index (κ2) is 11.3. The first-order chi connectivity index (χ1) is 16.7. The Bertz CT molecular complexity index is 1020. The zero-order valence-electron chi connectivity index (χ0n) is 19.0. The van der Waals surface area contributed by atoms with Gasteiger partial charge in [-0.2, -0.15) is 0 Å². The van der Waals surface area contributed by atoms with Crippen molar-refractivity contribution in [3.8, 4) is 11.5 Å². The third kappa shape index (κ3) is 7.44. The van der Waals surface area contributed by atoms with Crippen LogP contribution in [0.1, 0.15) is 30.4 Å². The van der Waals surface area contributed by atoms with Crippen LogP contribution in [0.15, 0.2) is 60.7 Å². The van der Waals surface area contributed by atoms with Gasteiger partial charge in [0.2, 0.25) is 0 Å². The highest BCUT2D eigenvalue weighted by Gasteiger charge is 2.48. The minimum atomic E-state index is -2.00. The van der Waals surface area contributed by atoms with E-state index in [0.29, 0.717) is 11.1 Å². The maximum Gasteiger partial charge on any atom is 0.338 e. The van der Waals surface area contributed by atoms with Crippen molar-refractivity contribution in [2.24, 2.45) is 0 Å². The molecule has 9 nitrogen and oxygen atoms in total. The summed E-state index contributed by atoms with van der Waals surface area (Å²) in [6.07, 6.45) is 3.17. The van der Waals surface area contributed by atoms with Gasteiger partial charge in [-0.25, -0.2) is 14.4 Å². The van der Waals surface area contributed by atoms with Gasteiger partial charge in [0, 0.05) is 31.4 Å². The van der Waals surface area contributed by atoms with Gasteiger partial charge in [0.05, 0.1) is 7.11 Å². The maximum absolute atomic E-state index is 12.3. The molecule has 2 aromatic carbocycles. The van der Waals surface area contributed by atoms with Gasteiger partial charge >= 0.3 is 17.9 Å². The lowest BCUT2D eigenvalue weighted by atomic mass is 9.81. The Kier molecular flexibility index (Phi) is 8.27. The zero-order chi connectivity index (χ0) is 25.4. The van der Waals surface area contributed by atoms with Crippen molar-refractivity contribution in [3.63, 3.8) is 0 Å². The van der Waals surface area contributed by atoms with E-state index >= 15 is 0 Å². The van der Waals surface area contributed by atoms with Crippen molar-refractivity contribution in [2.45, 2.75) is 37.1 Å². The Morgan fingerprint density at radius 2 is 1.20 bits per heavy atom. The number of hydrogen-bond donors (Lipinski definition) is 3. The van der Waals surface area contributed by atoms with E-state index in [1.54, 1.807) is 24.3 Å². The molecule has 0 amide bonds. The number of methoxy groups -OCH3 is 1. The molecule has 1 saturated carbocycles. The fraction of sp³-hybridized carbons (Fsp3) is 0.269. The standard InChI is InChI=1S/C26H26O9/c1-33-25(31)26(32)15-21(34-23(29)12-6-17-2-8-19(27)9-3-17)14-22(16-26)35-24(30)13-7-18-4-10-20(28)11-5-18/h2-13,21-22,27-28,32H,14-16H2,1H3/b12-6+,13-7+/t21-,22-/m0/s1. The summed E-state index contributed by atoms with van der Waals surface area (Å²) in [6, 6.07) is 12.3. The molecule has 1 aliphatic rings. The predicted octanol–water partition coefficient (Wildman–Crippen LogP) is 2.74. The number of phenols is 2. The molecule has 0 spiro atoms. The summed E-state index contributed by atoms with van der Waals surface area (Å²) in [4.78, 5) is 36.8. The van der Waals surface area contributed by atoms with Gasteiger partial charge in [-0.1, -0.05) is 24.3 Å². The Labute approximate surface area is 201 Å². The highest BCUT2D eigenvalue weighted by molar-refractivity contribution is 5.88. The van der Waals surface area contributed by atoms with E-state index < -0.39 is 35.7 Å². The molecule has 2 atom stereocenters. The number of hydrogen-bond acceptors (Lipinski definition) is 9. The van der Waals surface area contributed by atoms with Crippen molar-refractivity contribution in [3.05, 3.63) is 71.8 Å². The van der Waals surface area contributed by atoms with Gasteiger partial charge in [-0.05, 0) is 47.5 Å². The van der Waals surface area contributed by atoms with Crippen LogP contribution in [0.5, 0.6) is 11.5 Å². The molecule has 35 heavy (non-hydrogen) atoms. The lowest BCUT2D eigenvalue weighted by Crippen LogP contribution is -2.51. The third-order valence-electron chi connectivity index (χ3n) is 5.40. The number of benzene rings is 2. The maximum atomic E-state index is 12.3. The number of phenolic OH excluding ortho intramolecular Hbond substituents is 2. The first-order valence-corrected chi connectivity index (χ1v) is 10.8. The van der Waals surface area contributed by atoms with E-state index in [4.69, 9.17) is 14.2 Å². The number of aliphatic hydroxyl groups is 1. The Morgan fingerprint density at radius 3 is 1.57 bits per heavy atom. The van der Waals surface area contributed by atoms with Gasteiger partial charge in [-0.3, -0.25) is 0 Å². The van der Waals surface area contributed by atoms with Gasteiger partial charge in [0.15, 0.2) is 5.60 Å². The number of rotatable bonds is 7. The summed E-state index contributed by atoms with van der Waals surface area (Å²) in [5.74, 6) is -2.16. The summed E-state index contributed by atoms with van der Waals surface area (Å²) in [6.45, 7) is 0. The van der Waals surface area contributed by atoms with Crippen LogP contribution in [-0.2, 0) is 28.6 Å². The molecule has 184 valence electrons. The van der Waals surface area contributed by atoms with E-state index in [2.05, 4.69) is 0 Å². The largest absolute Gasteiger partial charge is 0.508 e. The summed E-state index contributed by atoms with van der Waals surface area (Å²) in [5, 5.41) is 29.5. The van der Waals surface area contributed by atoms with E-state index in [1.807, 2.05) is 0 Å². The van der Waals surface area contributed by atoms with Crippen molar-refractivity contribution in [1.82, 2.24) is 0 Å². The second-order valence-corrected chi connectivity index (χ2v) is 8.13. The van der Waals surface area contributed by atoms with Gasteiger partial charge in [-0.15, -0.1) is 0 Å². The zero-order valence-corrected chi connectivity index (χ0v) is 19.0. The molecule has 3 rings (SSSR count). The summed E-state index contributed by atoms with van der Waals surface area (Å²) in [5.41, 5.74) is -0.687. The van der Waals surface area contributed by atoms with Crippen LogP contribution in [0.4, 0.5) is 0 Å². The van der Waals surface area contributed by atoms with E-state index in [1.165, 1.54) is 48.6 Å². The summed E-state index contributed by atoms with van der Waals surface area (Å²) in [7, 11) is 1.12. The summed E-state index contributed by atoms with van der Waals surface area (Å²) < 4.78 is 15.5. The molecule has 1 aliphatic carbocycles. The van der Waals surface area contributed by atoms with Gasteiger partial charge in [0.25, 0.3) is 0 Å². The molecule has 0 saturated heterocycles. The fourth-order valence-corrected chi connectivity index (χ4v) is 3.74. The molecular formula is C26H26O9. The number of carbonyl (C=O) groups excluding carboxylic acids is 3. The fourth-order valence-electron chi connectivity index (χ4n) is 3.74. The minimum absolute atomic E-state index is 0.0802. The van der Waals surface area contributed by atoms with E-state index in [9.17, 15) is 29.7 Å². The van der Waals surface area contributed by atoms with Crippen molar-refractivity contribution in [2.75, 3.05) is 7.11 Å². The van der Waals surface area contributed by atoms with Crippen molar-refractivity contribution < 1.29 is 43.9 Å². The molecule has 2 aromatic rings. The molecule has 0 radical (unpaired) electrons. The van der Waals surface area contributed by atoms with Crippen LogP contribution in [0.3, 0.4) is 0 Å². The third-order valence-corrected chi connectivity index (χ3v) is 5.40. The Balaban J connectivity index is 1.65. The van der Waals surface area contributed by atoms with E-state index in [-0.39, 0.29) is 30.8 Å². The molecule has 1 fully saturated rings. The first-order valence-electron chi connectivity index (χ1n) is 10.8. The number of ether oxygens (including phenoxy) is 3. The first kappa shape index (κ1) is 25.5. The number of esters is 3. The van der Waals surface area contributed by atoms with Crippen LogP contribution in [0, 0.1) is 0 Å². The Morgan fingerprint density at radius 1 is 0.800 bits per heavy atom. The highest BCUT2D eigenvalue weighted by Crippen LogP contribution is 2.33. The number of carbonyl (C=O) groups is 3. The van der Waals surface area contributed by atoms with Gasteiger partial charge in [0.1, 0.15) is 23.7 Å². The lowest BCUT2D eigenvalue weighted by Gasteiger charge is -2.37. The molecule has 0 aliphatic heterocycles. The predicted molar refractivity (Wildman–Crippen MR) is 125 cm³/mol. The smallest absolute Gasteiger partial charge is 0.338 e. The van der Waals surface area contributed by atoms with Crippen LogP contribution < -0.4 is 0 Å². The van der Waals surface area contributed by atoms with E-state index in [0.717, 1.165) is 7.11 Å². The van der Waals surface area contributed by atoms with Gasteiger partial charge < -0.3 is 29.5 Å². The lowest BCUT2D eigenvalue weighted by molar-refractivity contribution is -0.185. The average molecular weight is 482 g/mol. The minimum Gasteiger partial charge on any atom is -0.508 e. The topological polar surface area (TPSA) is 140 Å².